The second-order valence-corrected chi connectivity index (χ2v) is 8.63. The Bertz CT molecular complexity index is 1120. The highest BCUT2D eigenvalue weighted by molar-refractivity contribution is 8.18. The molecule has 0 saturated carbocycles. The van der Waals surface area contributed by atoms with Crippen LogP contribution in [0.3, 0.4) is 0 Å². The van der Waals surface area contributed by atoms with Crippen LogP contribution < -0.4 is 9.47 Å². The first-order chi connectivity index (χ1) is 15.1. The van der Waals surface area contributed by atoms with Gasteiger partial charge in [0.15, 0.2) is 22.8 Å². The zero-order valence-electron chi connectivity index (χ0n) is 18.9. The summed E-state index contributed by atoms with van der Waals surface area (Å²) in [4.78, 5) is 30.7. The van der Waals surface area contributed by atoms with Gasteiger partial charge in [-0.05, 0) is 74.4 Å². The highest BCUT2D eigenvalue weighted by Gasteiger charge is 2.30. The molecule has 32 heavy (non-hydrogen) atoms. The minimum absolute atomic E-state index is 0.144. The normalized spacial score (nSPS) is 17.2. The first-order valence-electron chi connectivity index (χ1n) is 10.0. The Morgan fingerprint density at radius 3 is 2.41 bits per heavy atom. The van der Waals surface area contributed by atoms with Gasteiger partial charge in [-0.1, -0.05) is 23.8 Å². The molecule has 8 heteroatoms. The number of methoxy groups -OCH3 is 1. The van der Waals surface area contributed by atoms with Gasteiger partial charge in [-0.3, -0.25) is 9.69 Å². The van der Waals surface area contributed by atoms with Gasteiger partial charge in [0.25, 0.3) is 5.91 Å². The van der Waals surface area contributed by atoms with Crippen LogP contribution in [0.2, 0.25) is 0 Å². The second kappa shape index (κ2) is 9.48. The summed E-state index contributed by atoms with van der Waals surface area (Å²) in [7, 11) is 3.18. The molecular weight excluding hydrogens is 428 g/mol. The van der Waals surface area contributed by atoms with E-state index in [9.17, 15) is 9.59 Å². The van der Waals surface area contributed by atoms with Gasteiger partial charge in [-0.2, -0.15) is 0 Å². The number of rotatable bonds is 6. The molecule has 168 valence electrons. The van der Waals surface area contributed by atoms with Gasteiger partial charge in [-0.15, -0.1) is 0 Å². The van der Waals surface area contributed by atoms with Crippen LogP contribution in [0.4, 0.5) is 5.69 Å². The number of aliphatic carboxylic acids is 1. The maximum Gasteiger partial charge on any atom is 0.344 e. The molecule has 2 aromatic carbocycles. The first-order valence-corrected chi connectivity index (χ1v) is 10.8. The largest absolute Gasteiger partial charge is 0.493 e. The summed E-state index contributed by atoms with van der Waals surface area (Å²) in [6, 6.07) is 9.23. The molecule has 1 aliphatic rings. The third-order valence-electron chi connectivity index (χ3n) is 4.98. The van der Waals surface area contributed by atoms with E-state index in [2.05, 4.69) is 12.1 Å². The van der Waals surface area contributed by atoms with Crippen LogP contribution in [0.1, 0.15) is 29.2 Å². The van der Waals surface area contributed by atoms with Crippen LogP contribution in [0, 0.1) is 20.8 Å². The smallest absolute Gasteiger partial charge is 0.344 e. The van der Waals surface area contributed by atoms with Gasteiger partial charge in [0, 0.05) is 7.05 Å². The predicted octanol–water partition coefficient (Wildman–Crippen LogP) is 4.71. The number of likely N-dealkylation sites (N-methyl/N-ethyl adjacent to an activating group) is 1. The summed E-state index contributed by atoms with van der Waals surface area (Å²) in [5.41, 5.74) is 4.89. The summed E-state index contributed by atoms with van der Waals surface area (Å²) >= 11 is 1.31. The lowest BCUT2D eigenvalue weighted by Gasteiger charge is -2.14. The fraction of sp³-hybridized carbons (Fsp3) is 0.292. The van der Waals surface area contributed by atoms with Gasteiger partial charge in [-0.25, -0.2) is 9.79 Å². The maximum atomic E-state index is 12.8. The quantitative estimate of drug-likeness (QED) is 0.636. The number of benzene rings is 2. The number of ether oxygens (including phenoxy) is 2. The van der Waals surface area contributed by atoms with Crippen LogP contribution in [0.15, 0.2) is 40.2 Å². The molecule has 3 rings (SSSR count). The molecule has 0 spiro atoms. The van der Waals surface area contributed by atoms with Gasteiger partial charge >= 0.3 is 5.97 Å². The van der Waals surface area contributed by atoms with Crippen LogP contribution in [-0.4, -0.2) is 47.3 Å². The zero-order valence-corrected chi connectivity index (χ0v) is 19.7. The number of thioether (sulfide) groups is 1. The molecule has 1 fully saturated rings. The summed E-state index contributed by atoms with van der Waals surface area (Å²) in [5.74, 6) is -0.509. The van der Waals surface area contributed by atoms with E-state index in [1.165, 1.54) is 31.4 Å². The van der Waals surface area contributed by atoms with Crippen molar-refractivity contribution in [3.63, 3.8) is 0 Å². The molecule has 1 atom stereocenters. The Balaban J connectivity index is 1.90. The molecule has 1 heterocycles. The van der Waals surface area contributed by atoms with Crippen molar-refractivity contribution in [3.05, 3.63) is 57.5 Å². The van der Waals surface area contributed by atoms with E-state index in [1.54, 1.807) is 36.2 Å². The van der Waals surface area contributed by atoms with Crippen LogP contribution in [-0.2, 0) is 9.59 Å². The van der Waals surface area contributed by atoms with Crippen LogP contribution >= 0.6 is 11.8 Å². The number of carbonyl (C=O) groups excluding carboxylic acids is 1. The molecule has 0 aliphatic carbocycles. The van der Waals surface area contributed by atoms with Crippen LogP contribution in [0.25, 0.3) is 6.08 Å². The number of amides is 1. The molecule has 2 aromatic rings. The Morgan fingerprint density at radius 2 is 1.81 bits per heavy atom. The minimum atomic E-state index is -1.07. The monoisotopic (exact) mass is 454 g/mol. The van der Waals surface area contributed by atoms with Crippen molar-refractivity contribution >= 4 is 40.6 Å². The zero-order chi connectivity index (χ0) is 23.6. The lowest BCUT2D eigenvalue weighted by atomic mass is 10.1. The number of carboxylic acid groups (broad SMARTS) is 1. The van der Waals surface area contributed by atoms with Gasteiger partial charge < -0.3 is 14.6 Å². The van der Waals surface area contributed by atoms with E-state index in [-0.39, 0.29) is 5.91 Å². The van der Waals surface area contributed by atoms with E-state index in [4.69, 9.17) is 19.6 Å². The van der Waals surface area contributed by atoms with E-state index < -0.39 is 12.1 Å². The molecule has 1 N–H and O–H groups in total. The maximum absolute atomic E-state index is 12.8. The summed E-state index contributed by atoms with van der Waals surface area (Å²) in [6.07, 6.45) is 0.745. The van der Waals surface area contributed by atoms with E-state index >= 15 is 0 Å². The molecule has 0 radical (unpaired) electrons. The van der Waals surface area contributed by atoms with Gasteiger partial charge in [0.05, 0.1) is 17.7 Å². The molecule has 0 aromatic heterocycles. The van der Waals surface area contributed by atoms with E-state index in [0.717, 1.165) is 22.4 Å². The van der Waals surface area contributed by atoms with Gasteiger partial charge in [0.2, 0.25) is 0 Å². The topological polar surface area (TPSA) is 88.4 Å². The third-order valence-corrected chi connectivity index (χ3v) is 6.04. The molecule has 1 saturated heterocycles. The molecule has 7 nitrogen and oxygen atoms in total. The number of nitrogens with zero attached hydrogens (tertiary/aromatic N) is 2. The number of amidine groups is 1. The molecule has 0 unspecified atom stereocenters. The van der Waals surface area contributed by atoms with Crippen molar-refractivity contribution in [1.82, 2.24) is 4.90 Å². The highest BCUT2D eigenvalue weighted by Crippen LogP contribution is 2.36. The van der Waals surface area contributed by atoms with Gasteiger partial charge in [0.1, 0.15) is 0 Å². The molecular formula is C24H26N2O5S. The SMILES string of the molecule is COc1cc(/C=C2\SC(=Nc3c(C)cc(C)cc3C)N(C)C2=O)ccc1O[C@H](C)C(=O)O. The minimum Gasteiger partial charge on any atom is -0.493 e. The van der Waals surface area contributed by atoms with Crippen molar-refractivity contribution in [2.75, 3.05) is 14.2 Å². The number of aliphatic imine (C=N–C) groups is 1. The number of hydrogen-bond acceptors (Lipinski definition) is 6. The van der Waals surface area contributed by atoms with E-state index in [0.29, 0.717) is 21.6 Å². The van der Waals surface area contributed by atoms with Crippen LogP contribution in [0.5, 0.6) is 11.5 Å². The predicted molar refractivity (Wildman–Crippen MR) is 127 cm³/mol. The summed E-state index contributed by atoms with van der Waals surface area (Å²) in [6.45, 7) is 7.52. The Kier molecular flexibility index (Phi) is 6.93. The molecule has 1 aliphatic heterocycles. The van der Waals surface area contributed by atoms with Crippen molar-refractivity contribution in [3.8, 4) is 11.5 Å². The lowest BCUT2D eigenvalue weighted by Crippen LogP contribution is -2.23. The Hall–Kier alpha value is -3.26. The number of hydrogen-bond donors (Lipinski definition) is 1. The highest BCUT2D eigenvalue weighted by atomic mass is 32.2. The number of carbonyl (C=O) groups is 2. The average Bonchev–Trinajstić information content (AvgIpc) is 2.99. The first kappa shape index (κ1) is 23.4. The Morgan fingerprint density at radius 1 is 1.16 bits per heavy atom. The van der Waals surface area contributed by atoms with Crippen molar-refractivity contribution in [2.45, 2.75) is 33.8 Å². The summed E-state index contributed by atoms with van der Waals surface area (Å²) < 4.78 is 10.8. The third kappa shape index (κ3) is 4.96. The lowest BCUT2D eigenvalue weighted by molar-refractivity contribution is -0.144. The average molecular weight is 455 g/mol. The summed E-state index contributed by atoms with van der Waals surface area (Å²) in [5, 5.41) is 9.66. The van der Waals surface area contributed by atoms with Crippen molar-refractivity contribution < 1.29 is 24.2 Å². The fourth-order valence-electron chi connectivity index (χ4n) is 3.36. The standard InChI is InChI=1S/C24H26N2O5S/c1-13-9-14(2)21(15(3)10-13)25-24-26(5)22(27)20(32-24)12-17-7-8-18(19(11-17)30-6)31-16(4)23(28)29/h7-12,16H,1-6H3,(H,28,29)/b20-12-,25-24?/t16-/m1/s1. The second-order valence-electron chi connectivity index (χ2n) is 7.63. The fourth-order valence-corrected chi connectivity index (χ4v) is 4.33. The van der Waals surface area contributed by atoms with Crippen molar-refractivity contribution in [1.29, 1.82) is 0 Å². The molecule has 0 bridgehead atoms. The van der Waals surface area contributed by atoms with E-state index in [1.807, 2.05) is 20.8 Å². The van der Waals surface area contributed by atoms with Crippen molar-refractivity contribution in [2.24, 2.45) is 4.99 Å². The Labute approximate surface area is 191 Å². The number of carboxylic acids is 1. The molecule has 1 amide bonds. The number of aryl methyl sites for hydroxylation is 3.